The minimum Gasteiger partial charge on any atom is -0.363 e. The predicted octanol–water partition coefficient (Wildman–Crippen LogP) is 4.16. The third-order valence-electron chi connectivity index (χ3n) is 4.21. The van der Waals surface area contributed by atoms with E-state index in [9.17, 15) is 0 Å². The molecular formula is C21H20N6. The van der Waals surface area contributed by atoms with E-state index in [0.29, 0.717) is 6.54 Å². The van der Waals surface area contributed by atoms with Gasteiger partial charge in [0.05, 0.1) is 23.6 Å². The van der Waals surface area contributed by atoms with E-state index >= 15 is 0 Å². The number of aromatic nitrogens is 5. The van der Waals surface area contributed by atoms with Crippen LogP contribution in [0.3, 0.4) is 0 Å². The van der Waals surface area contributed by atoms with Gasteiger partial charge in [0, 0.05) is 18.0 Å². The SMILES string of the molecule is Cc1ccc(-c2nc(CNc3ccnc(C)n3)[nH]c2-c2ccccn2)cc1. The number of aryl methyl sites for hydroxylation is 2. The van der Waals surface area contributed by atoms with Crippen LogP contribution in [0.25, 0.3) is 22.6 Å². The molecule has 4 rings (SSSR count). The lowest BCUT2D eigenvalue weighted by atomic mass is 10.1. The van der Waals surface area contributed by atoms with Crippen LogP contribution in [0, 0.1) is 13.8 Å². The van der Waals surface area contributed by atoms with Crippen LogP contribution in [-0.2, 0) is 6.54 Å². The van der Waals surface area contributed by atoms with E-state index in [1.54, 1.807) is 12.4 Å². The number of hydrogen-bond acceptors (Lipinski definition) is 5. The number of anilines is 1. The summed E-state index contributed by atoms with van der Waals surface area (Å²) >= 11 is 0. The summed E-state index contributed by atoms with van der Waals surface area (Å²) in [6, 6.07) is 16.1. The van der Waals surface area contributed by atoms with E-state index in [2.05, 4.69) is 56.4 Å². The van der Waals surface area contributed by atoms with Crippen LogP contribution >= 0.6 is 0 Å². The highest BCUT2D eigenvalue weighted by Crippen LogP contribution is 2.29. The van der Waals surface area contributed by atoms with E-state index in [1.807, 2.05) is 31.2 Å². The maximum Gasteiger partial charge on any atom is 0.130 e. The van der Waals surface area contributed by atoms with Gasteiger partial charge in [-0.05, 0) is 32.0 Å². The summed E-state index contributed by atoms with van der Waals surface area (Å²) in [7, 11) is 0. The Kier molecular flexibility index (Phi) is 4.61. The van der Waals surface area contributed by atoms with E-state index in [4.69, 9.17) is 4.98 Å². The minimum absolute atomic E-state index is 0.530. The number of imidazole rings is 1. The Labute approximate surface area is 157 Å². The fraction of sp³-hybridized carbons (Fsp3) is 0.143. The van der Waals surface area contributed by atoms with Gasteiger partial charge in [-0.15, -0.1) is 0 Å². The predicted molar refractivity (Wildman–Crippen MR) is 106 cm³/mol. The third kappa shape index (κ3) is 3.84. The second-order valence-electron chi connectivity index (χ2n) is 6.33. The lowest BCUT2D eigenvalue weighted by Gasteiger charge is -2.03. The van der Waals surface area contributed by atoms with Crippen molar-refractivity contribution in [3.05, 3.63) is 78.1 Å². The fourth-order valence-corrected chi connectivity index (χ4v) is 2.85. The van der Waals surface area contributed by atoms with Gasteiger partial charge < -0.3 is 10.3 Å². The van der Waals surface area contributed by atoms with Crippen LogP contribution < -0.4 is 5.32 Å². The molecule has 0 bridgehead atoms. The molecule has 0 unspecified atom stereocenters. The molecule has 1 aromatic carbocycles. The molecule has 0 spiro atoms. The molecule has 0 atom stereocenters. The first-order valence-corrected chi connectivity index (χ1v) is 8.80. The fourth-order valence-electron chi connectivity index (χ4n) is 2.85. The summed E-state index contributed by atoms with van der Waals surface area (Å²) in [5.41, 5.74) is 4.94. The second-order valence-corrected chi connectivity index (χ2v) is 6.33. The summed E-state index contributed by atoms with van der Waals surface area (Å²) in [5.74, 6) is 2.33. The van der Waals surface area contributed by atoms with Crippen molar-refractivity contribution in [1.82, 2.24) is 24.9 Å². The first-order valence-electron chi connectivity index (χ1n) is 8.80. The Balaban J connectivity index is 1.68. The number of aromatic amines is 1. The molecule has 4 aromatic rings. The number of nitrogens with one attached hydrogen (secondary N) is 2. The lowest BCUT2D eigenvalue weighted by molar-refractivity contribution is 0.969. The molecule has 6 heteroatoms. The van der Waals surface area contributed by atoms with Crippen molar-refractivity contribution in [1.29, 1.82) is 0 Å². The molecule has 0 radical (unpaired) electrons. The van der Waals surface area contributed by atoms with Crippen LogP contribution in [0.1, 0.15) is 17.2 Å². The standard InChI is InChI=1S/C21H20N6/c1-14-6-8-16(9-7-14)20-21(17-5-3-4-11-23-17)27-19(26-20)13-24-18-10-12-22-15(2)25-18/h3-12H,13H2,1-2H3,(H,26,27)(H,22,24,25). The highest BCUT2D eigenvalue weighted by Gasteiger charge is 2.15. The van der Waals surface area contributed by atoms with Gasteiger partial charge >= 0.3 is 0 Å². The number of benzene rings is 1. The molecule has 0 fully saturated rings. The topological polar surface area (TPSA) is 79.4 Å². The number of H-pyrrole nitrogens is 1. The van der Waals surface area contributed by atoms with Crippen molar-refractivity contribution in [3.8, 4) is 22.6 Å². The maximum absolute atomic E-state index is 4.82. The van der Waals surface area contributed by atoms with Gasteiger partial charge in [-0.3, -0.25) is 4.98 Å². The van der Waals surface area contributed by atoms with Crippen molar-refractivity contribution in [2.75, 3.05) is 5.32 Å². The molecule has 0 saturated carbocycles. The molecule has 27 heavy (non-hydrogen) atoms. The zero-order valence-corrected chi connectivity index (χ0v) is 15.3. The van der Waals surface area contributed by atoms with Crippen molar-refractivity contribution >= 4 is 5.82 Å². The molecule has 134 valence electrons. The van der Waals surface area contributed by atoms with E-state index in [0.717, 1.165) is 40.1 Å². The van der Waals surface area contributed by atoms with E-state index in [-0.39, 0.29) is 0 Å². The highest BCUT2D eigenvalue weighted by molar-refractivity contribution is 5.76. The first kappa shape index (κ1) is 16.9. The zero-order chi connectivity index (χ0) is 18.6. The Morgan fingerprint density at radius 3 is 2.48 bits per heavy atom. The van der Waals surface area contributed by atoms with Crippen LogP contribution in [-0.4, -0.2) is 24.9 Å². The monoisotopic (exact) mass is 356 g/mol. The van der Waals surface area contributed by atoms with Gasteiger partial charge in [0.15, 0.2) is 0 Å². The quantitative estimate of drug-likeness (QED) is 0.561. The minimum atomic E-state index is 0.530. The zero-order valence-electron chi connectivity index (χ0n) is 15.3. The van der Waals surface area contributed by atoms with E-state index < -0.39 is 0 Å². The van der Waals surface area contributed by atoms with Gasteiger partial charge in [0.2, 0.25) is 0 Å². The summed E-state index contributed by atoms with van der Waals surface area (Å²) in [6.07, 6.45) is 3.53. The van der Waals surface area contributed by atoms with Gasteiger partial charge in [-0.1, -0.05) is 35.9 Å². The van der Waals surface area contributed by atoms with Crippen molar-refractivity contribution in [2.24, 2.45) is 0 Å². The Morgan fingerprint density at radius 1 is 0.889 bits per heavy atom. The molecule has 2 N–H and O–H groups in total. The number of pyridine rings is 1. The highest BCUT2D eigenvalue weighted by atomic mass is 15.1. The average molecular weight is 356 g/mol. The van der Waals surface area contributed by atoms with Crippen LogP contribution in [0.4, 0.5) is 5.82 Å². The summed E-state index contributed by atoms with van der Waals surface area (Å²) in [5, 5.41) is 3.29. The normalized spacial score (nSPS) is 10.7. The first-order chi connectivity index (χ1) is 13.2. The van der Waals surface area contributed by atoms with Gasteiger partial charge in [-0.25, -0.2) is 15.0 Å². The summed E-state index contributed by atoms with van der Waals surface area (Å²) in [6.45, 7) is 4.47. The van der Waals surface area contributed by atoms with Gasteiger partial charge in [0.25, 0.3) is 0 Å². The van der Waals surface area contributed by atoms with Crippen molar-refractivity contribution < 1.29 is 0 Å². The molecule has 0 amide bonds. The molecular weight excluding hydrogens is 336 g/mol. The van der Waals surface area contributed by atoms with Crippen LogP contribution in [0.5, 0.6) is 0 Å². The molecule has 3 heterocycles. The van der Waals surface area contributed by atoms with Crippen LogP contribution in [0.15, 0.2) is 60.9 Å². The molecule has 3 aromatic heterocycles. The molecule has 0 aliphatic heterocycles. The molecule has 0 aliphatic rings. The van der Waals surface area contributed by atoms with Gasteiger partial charge in [0.1, 0.15) is 17.5 Å². The Morgan fingerprint density at radius 2 is 1.74 bits per heavy atom. The number of nitrogens with zero attached hydrogens (tertiary/aromatic N) is 4. The third-order valence-corrected chi connectivity index (χ3v) is 4.21. The molecule has 0 saturated heterocycles. The van der Waals surface area contributed by atoms with E-state index in [1.165, 1.54) is 5.56 Å². The van der Waals surface area contributed by atoms with Crippen molar-refractivity contribution in [3.63, 3.8) is 0 Å². The summed E-state index contributed by atoms with van der Waals surface area (Å²) in [4.78, 5) is 21.2. The maximum atomic E-state index is 4.82. The molecule has 6 nitrogen and oxygen atoms in total. The van der Waals surface area contributed by atoms with Crippen LogP contribution in [0.2, 0.25) is 0 Å². The molecule has 0 aliphatic carbocycles. The lowest BCUT2D eigenvalue weighted by Crippen LogP contribution is -2.04. The largest absolute Gasteiger partial charge is 0.363 e. The van der Waals surface area contributed by atoms with Crippen molar-refractivity contribution in [2.45, 2.75) is 20.4 Å². The Bertz CT molecular complexity index is 1040. The number of rotatable bonds is 5. The van der Waals surface area contributed by atoms with Gasteiger partial charge in [-0.2, -0.15) is 0 Å². The average Bonchev–Trinajstić information content (AvgIpc) is 3.12. The second kappa shape index (κ2) is 7.37. The summed E-state index contributed by atoms with van der Waals surface area (Å²) < 4.78 is 0. The Hall–Kier alpha value is -3.54. The smallest absolute Gasteiger partial charge is 0.130 e. The number of hydrogen-bond donors (Lipinski definition) is 2.